The first-order chi connectivity index (χ1) is 9.04. The van der Waals surface area contributed by atoms with E-state index in [0.29, 0.717) is 29.2 Å². The molecule has 1 aliphatic heterocycles. The van der Waals surface area contributed by atoms with E-state index in [1.54, 1.807) is 12.1 Å². The second-order valence-corrected chi connectivity index (χ2v) is 5.51. The van der Waals surface area contributed by atoms with E-state index < -0.39 is 5.91 Å². The molecule has 2 unspecified atom stereocenters. The van der Waals surface area contributed by atoms with Gasteiger partial charge in [0, 0.05) is 24.2 Å². The van der Waals surface area contributed by atoms with E-state index in [2.05, 4.69) is 11.8 Å². The Bertz CT molecular complexity index is 478. The number of halogens is 1. The second-order valence-electron chi connectivity index (χ2n) is 5.11. The number of rotatable bonds is 3. The van der Waals surface area contributed by atoms with Gasteiger partial charge in [0.15, 0.2) is 0 Å². The molecule has 0 saturated carbocycles. The van der Waals surface area contributed by atoms with Crippen LogP contribution in [-0.2, 0) is 0 Å². The Kier molecular flexibility index (Phi) is 4.32. The maximum absolute atomic E-state index is 11.2. The van der Waals surface area contributed by atoms with E-state index in [1.807, 2.05) is 6.07 Å². The van der Waals surface area contributed by atoms with Gasteiger partial charge in [-0.05, 0) is 44.4 Å². The van der Waals surface area contributed by atoms with Crippen molar-refractivity contribution in [1.82, 2.24) is 0 Å². The number of piperidine rings is 1. The zero-order chi connectivity index (χ0) is 14.0. The van der Waals surface area contributed by atoms with E-state index in [9.17, 15) is 4.79 Å². The van der Waals surface area contributed by atoms with Gasteiger partial charge in [0.2, 0.25) is 5.91 Å². The molecule has 0 spiro atoms. The number of hydrogen-bond donors (Lipinski definition) is 2. The van der Waals surface area contributed by atoms with Crippen LogP contribution in [0.25, 0.3) is 0 Å². The molecule has 0 aliphatic carbocycles. The van der Waals surface area contributed by atoms with Gasteiger partial charge in [0.05, 0.1) is 10.7 Å². The lowest BCUT2D eigenvalue weighted by atomic mass is 9.95. The van der Waals surface area contributed by atoms with Crippen molar-refractivity contribution in [2.75, 3.05) is 11.4 Å². The van der Waals surface area contributed by atoms with Gasteiger partial charge in [-0.1, -0.05) is 11.6 Å². The van der Waals surface area contributed by atoms with Crippen molar-refractivity contribution >= 4 is 23.2 Å². The highest BCUT2D eigenvalue weighted by Crippen LogP contribution is 2.34. The predicted molar refractivity (Wildman–Crippen MR) is 78.6 cm³/mol. The molecule has 2 atom stereocenters. The van der Waals surface area contributed by atoms with E-state index in [1.165, 1.54) is 6.42 Å². The predicted octanol–water partition coefficient (Wildman–Crippen LogP) is 2.15. The first kappa shape index (κ1) is 14.2. The van der Waals surface area contributed by atoms with Crippen LogP contribution in [-0.4, -0.2) is 24.5 Å². The Morgan fingerprint density at radius 2 is 2.21 bits per heavy atom. The largest absolute Gasteiger partial charge is 0.366 e. The summed E-state index contributed by atoms with van der Waals surface area (Å²) in [5, 5.41) is 0.559. The third-order valence-electron chi connectivity index (χ3n) is 3.81. The number of nitrogens with zero attached hydrogens (tertiary/aromatic N) is 1. The molecule has 2 rings (SSSR count). The van der Waals surface area contributed by atoms with Crippen LogP contribution in [0.4, 0.5) is 5.69 Å². The van der Waals surface area contributed by atoms with Gasteiger partial charge in [0.1, 0.15) is 0 Å². The Morgan fingerprint density at radius 1 is 1.47 bits per heavy atom. The first-order valence-electron chi connectivity index (χ1n) is 6.62. The van der Waals surface area contributed by atoms with E-state index in [4.69, 9.17) is 23.1 Å². The fourth-order valence-corrected chi connectivity index (χ4v) is 3.10. The third-order valence-corrected chi connectivity index (χ3v) is 4.11. The molecule has 0 radical (unpaired) electrons. The summed E-state index contributed by atoms with van der Waals surface area (Å²) in [7, 11) is 0. The summed E-state index contributed by atoms with van der Waals surface area (Å²) in [6, 6.07) is 5.93. The lowest BCUT2D eigenvalue weighted by Crippen LogP contribution is -2.49. The molecule has 1 saturated heterocycles. The average Bonchev–Trinajstić information content (AvgIpc) is 2.38. The van der Waals surface area contributed by atoms with E-state index in [-0.39, 0.29) is 0 Å². The molecule has 4 nitrogen and oxygen atoms in total. The monoisotopic (exact) mass is 281 g/mol. The molecule has 1 aromatic rings. The molecule has 1 aliphatic rings. The maximum Gasteiger partial charge on any atom is 0.248 e. The summed E-state index contributed by atoms with van der Waals surface area (Å²) >= 11 is 6.30. The van der Waals surface area contributed by atoms with Crippen LogP contribution in [0, 0.1) is 0 Å². The highest BCUT2D eigenvalue weighted by molar-refractivity contribution is 6.33. The summed E-state index contributed by atoms with van der Waals surface area (Å²) in [5.41, 5.74) is 12.5. The number of hydrogen-bond acceptors (Lipinski definition) is 3. The van der Waals surface area contributed by atoms with Gasteiger partial charge >= 0.3 is 0 Å². The minimum absolute atomic E-state index is 0.306. The standard InChI is InChI=1S/C14H20ClN3O/c1-9-3-2-4-11(8-16)18(9)13-6-5-10(14(17)19)7-12(13)15/h5-7,9,11H,2-4,8,16H2,1H3,(H2,17,19). The van der Waals surface area contributed by atoms with Gasteiger partial charge in [-0.3, -0.25) is 4.79 Å². The van der Waals surface area contributed by atoms with Crippen LogP contribution in [0.15, 0.2) is 18.2 Å². The number of amides is 1. The maximum atomic E-state index is 11.2. The number of anilines is 1. The normalized spacial score (nSPS) is 23.4. The molecule has 1 amide bonds. The topological polar surface area (TPSA) is 72.3 Å². The molecule has 1 aromatic carbocycles. The number of carbonyl (C=O) groups excluding carboxylic acids is 1. The Morgan fingerprint density at radius 3 is 2.79 bits per heavy atom. The molecule has 1 heterocycles. The van der Waals surface area contributed by atoms with Crippen molar-refractivity contribution in [1.29, 1.82) is 0 Å². The smallest absolute Gasteiger partial charge is 0.248 e. The van der Waals surface area contributed by atoms with Gasteiger partial charge in [-0.2, -0.15) is 0 Å². The zero-order valence-corrected chi connectivity index (χ0v) is 11.9. The molecule has 4 N–H and O–H groups in total. The van der Waals surface area contributed by atoms with Crippen LogP contribution in [0.1, 0.15) is 36.5 Å². The minimum Gasteiger partial charge on any atom is -0.366 e. The number of primary amides is 1. The Balaban J connectivity index is 2.36. The van der Waals surface area contributed by atoms with Gasteiger partial charge in [-0.15, -0.1) is 0 Å². The third kappa shape index (κ3) is 2.85. The van der Waals surface area contributed by atoms with Gasteiger partial charge in [-0.25, -0.2) is 0 Å². The fraction of sp³-hybridized carbons (Fsp3) is 0.500. The molecule has 104 valence electrons. The van der Waals surface area contributed by atoms with Crippen molar-refractivity contribution in [3.05, 3.63) is 28.8 Å². The lowest BCUT2D eigenvalue weighted by Gasteiger charge is -2.42. The van der Waals surface area contributed by atoms with Crippen molar-refractivity contribution in [2.24, 2.45) is 11.5 Å². The Hall–Kier alpha value is -1.26. The molecule has 0 bridgehead atoms. The molecular formula is C14H20ClN3O. The van der Waals surface area contributed by atoms with Crippen LogP contribution in [0.2, 0.25) is 5.02 Å². The molecule has 19 heavy (non-hydrogen) atoms. The second kappa shape index (κ2) is 5.80. The van der Waals surface area contributed by atoms with Crippen LogP contribution < -0.4 is 16.4 Å². The summed E-state index contributed by atoms with van der Waals surface area (Å²) in [6.07, 6.45) is 3.40. The van der Waals surface area contributed by atoms with E-state index >= 15 is 0 Å². The SMILES string of the molecule is CC1CCCC(CN)N1c1ccc(C(N)=O)cc1Cl. The summed E-state index contributed by atoms with van der Waals surface area (Å²) < 4.78 is 0. The fourth-order valence-electron chi connectivity index (χ4n) is 2.82. The molecule has 1 fully saturated rings. The minimum atomic E-state index is -0.462. The Labute approximate surface area is 118 Å². The summed E-state index contributed by atoms with van der Waals surface area (Å²) in [5.74, 6) is -0.462. The van der Waals surface area contributed by atoms with Crippen LogP contribution in [0.3, 0.4) is 0 Å². The number of nitrogens with two attached hydrogens (primary N) is 2. The van der Waals surface area contributed by atoms with Gasteiger partial charge < -0.3 is 16.4 Å². The summed E-state index contributed by atoms with van der Waals surface area (Å²) in [4.78, 5) is 13.4. The van der Waals surface area contributed by atoms with Crippen molar-refractivity contribution in [2.45, 2.75) is 38.3 Å². The summed E-state index contributed by atoms with van der Waals surface area (Å²) in [6.45, 7) is 2.79. The quantitative estimate of drug-likeness (QED) is 0.892. The zero-order valence-electron chi connectivity index (χ0n) is 11.1. The highest BCUT2D eigenvalue weighted by atomic mass is 35.5. The van der Waals surface area contributed by atoms with Crippen molar-refractivity contribution < 1.29 is 4.79 Å². The van der Waals surface area contributed by atoms with Crippen LogP contribution in [0.5, 0.6) is 0 Å². The van der Waals surface area contributed by atoms with Crippen molar-refractivity contribution in [3.8, 4) is 0 Å². The molecule has 5 heteroatoms. The van der Waals surface area contributed by atoms with Crippen LogP contribution >= 0.6 is 11.6 Å². The van der Waals surface area contributed by atoms with Crippen molar-refractivity contribution in [3.63, 3.8) is 0 Å². The van der Waals surface area contributed by atoms with Gasteiger partial charge in [0.25, 0.3) is 0 Å². The average molecular weight is 282 g/mol. The molecule has 0 aromatic heterocycles. The van der Waals surface area contributed by atoms with E-state index in [0.717, 1.165) is 18.5 Å². The molecular weight excluding hydrogens is 262 g/mol. The number of carbonyl (C=O) groups is 1. The highest BCUT2D eigenvalue weighted by Gasteiger charge is 2.28. The lowest BCUT2D eigenvalue weighted by molar-refractivity contribution is 0.100. The first-order valence-corrected chi connectivity index (χ1v) is 7.00. The number of benzene rings is 1.